The van der Waals surface area contributed by atoms with Gasteiger partial charge in [-0.15, -0.1) is 0 Å². The normalized spacial score (nSPS) is 10.8. The van der Waals surface area contributed by atoms with Crippen LogP contribution in [0.25, 0.3) is 5.78 Å². The summed E-state index contributed by atoms with van der Waals surface area (Å²) in [6.45, 7) is 5.35. The first kappa shape index (κ1) is 16.8. The molecule has 0 radical (unpaired) electrons. The summed E-state index contributed by atoms with van der Waals surface area (Å²) >= 11 is 0. The number of carbonyl (C=O) groups is 2. The molecule has 3 aromatic rings. The van der Waals surface area contributed by atoms with Crippen LogP contribution in [0.15, 0.2) is 30.6 Å². The molecule has 0 fully saturated rings. The van der Waals surface area contributed by atoms with Crippen molar-refractivity contribution in [3.05, 3.63) is 53.1 Å². The fraction of sp³-hybridized carbons (Fsp3) is 0.278. The van der Waals surface area contributed by atoms with Crippen LogP contribution in [0.1, 0.15) is 40.7 Å². The van der Waals surface area contributed by atoms with Gasteiger partial charge in [-0.1, -0.05) is 12.1 Å². The van der Waals surface area contributed by atoms with Gasteiger partial charge in [-0.25, -0.2) is 9.50 Å². The van der Waals surface area contributed by atoms with Gasteiger partial charge in [0.25, 0.3) is 5.78 Å². The van der Waals surface area contributed by atoms with E-state index in [0.717, 1.165) is 17.0 Å². The van der Waals surface area contributed by atoms with Gasteiger partial charge in [-0.05, 0) is 44.9 Å². The molecule has 0 aliphatic carbocycles. The lowest BCUT2D eigenvalue weighted by molar-refractivity contribution is -0.116. The highest BCUT2D eigenvalue weighted by Gasteiger charge is 2.13. The van der Waals surface area contributed by atoms with E-state index in [-0.39, 0.29) is 11.7 Å². The molecule has 7 nitrogen and oxygen atoms in total. The third-order valence-corrected chi connectivity index (χ3v) is 4.14. The highest BCUT2D eigenvalue weighted by Crippen LogP contribution is 2.16. The Kier molecular flexibility index (Phi) is 4.56. The van der Waals surface area contributed by atoms with Gasteiger partial charge < -0.3 is 5.32 Å². The van der Waals surface area contributed by atoms with Crippen LogP contribution in [0.3, 0.4) is 0 Å². The minimum atomic E-state index is -0.113. The van der Waals surface area contributed by atoms with Crippen molar-refractivity contribution in [2.24, 2.45) is 0 Å². The zero-order valence-electron chi connectivity index (χ0n) is 14.4. The van der Waals surface area contributed by atoms with Crippen LogP contribution in [-0.4, -0.2) is 31.3 Å². The number of hydrogen-bond donors (Lipinski definition) is 1. The molecule has 2 aromatic heterocycles. The van der Waals surface area contributed by atoms with E-state index in [1.54, 1.807) is 28.8 Å². The summed E-state index contributed by atoms with van der Waals surface area (Å²) in [5, 5.41) is 6.98. The van der Waals surface area contributed by atoms with Crippen molar-refractivity contribution in [3.63, 3.8) is 0 Å². The quantitative estimate of drug-likeness (QED) is 0.723. The van der Waals surface area contributed by atoms with Crippen LogP contribution in [0.4, 0.5) is 5.69 Å². The average Bonchev–Trinajstić information content (AvgIpc) is 3.03. The predicted octanol–water partition coefficient (Wildman–Crippen LogP) is 2.52. The molecular weight excluding hydrogens is 318 g/mol. The lowest BCUT2D eigenvalue weighted by Gasteiger charge is -2.11. The second-order valence-electron chi connectivity index (χ2n) is 5.92. The molecule has 0 saturated heterocycles. The molecule has 128 valence electrons. The number of anilines is 1. The Balaban J connectivity index is 1.70. The van der Waals surface area contributed by atoms with E-state index in [0.29, 0.717) is 29.9 Å². The molecule has 0 aliphatic heterocycles. The summed E-state index contributed by atoms with van der Waals surface area (Å²) in [5.74, 6) is 0.414. The minimum absolute atomic E-state index is 0.0328. The Bertz CT molecular complexity index is 961. The molecule has 0 saturated carbocycles. The Morgan fingerprint density at radius 2 is 2.04 bits per heavy atom. The molecule has 0 spiro atoms. The summed E-state index contributed by atoms with van der Waals surface area (Å²) in [7, 11) is 0. The summed E-state index contributed by atoms with van der Waals surface area (Å²) < 4.78 is 1.68. The lowest BCUT2D eigenvalue weighted by atomic mass is 10.1. The van der Waals surface area contributed by atoms with Gasteiger partial charge in [-0.2, -0.15) is 10.1 Å². The second kappa shape index (κ2) is 6.80. The standard InChI is InChI=1S/C18H19N5O2/c1-11-16(12(2)23-18(21-11)19-10-20-23)7-8-17(25)22-15-6-4-5-14(9-15)13(3)24/h4-6,9-10H,7-8H2,1-3H3,(H,22,25). The van der Waals surface area contributed by atoms with Crippen molar-refractivity contribution < 1.29 is 9.59 Å². The van der Waals surface area contributed by atoms with Gasteiger partial charge in [0.05, 0.1) is 0 Å². The molecule has 0 bridgehead atoms. The van der Waals surface area contributed by atoms with Gasteiger partial charge in [0.1, 0.15) is 6.33 Å². The van der Waals surface area contributed by atoms with Crippen LogP contribution in [-0.2, 0) is 11.2 Å². The average molecular weight is 337 g/mol. The molecule has 0 aliphatic rings. The number of amides is 1. The number of benzene rings is 1. The number of Topliss-reactive ketones (excluding diaryl/α,β-unsaturated/α-hetero) is 1. The van der Waals surface area contributed by atoms with E-state index in [1.807, 2.05) is 13.8 Å². The molecule has 25 heavy (non-hydrogen) atoms. The highest BCUT2D eigenvalue weighted by atomic mass is 16.1. The highest BCUT2D eigenvalue weighted by molar-refractivity contribution is 5.97. The first-order valence-electron chi connectivity index (χ1n) is 8.02. The Morgan fingerprint density at radius 3 is 2.80 bits per heavy atom. The monoisotopic (exact) mass is 337 g/mol. The van der Waals surface area contributed by atoms with Crippen LogP contribution in [0.5, 0.6) is 0 Å². The number of nitrogens with one attached hydrogen (secondary N) is 1. The van der Waals surface area contributed by atoms with Crippen molar-refractivity contribution >= 4 is 23.2 Å². The van der Waals surface area contributed by atoms with Crippen molar-refractivity contribution in [2.45, 2.75) is 33.6 Å². The van der Waals surface area contributed by atoms with Crippen LogP contribution in [0.2, 0.25) is 0 Å². The molecule has 0 atom stereocenters. The molecule has 3 rings (SSSR count). The number of rotatable bonds is 5. The smallest absolute Gasteiger partial charge is 0.252 e. The SMILES string of the molecule is CC(=O)c1cccc(NC(=O)CCc2c(C)nc3ncnn3c2C)c1. The third-order valence-electron chi connectivity index (χ3n) is 4.14. The summed E-state index contributed by atoms with van der Waals surface area (Å²) in [4.78, 5) is 32.2. The van der Waals surface area contributed by atoms with Crippen molar-refractivity contribution in [1.29, 1.82) is 0 Å². The van der Waals surface area contributed by atoms with Crippen molar-refractivity contribution in [3.8, 4) is 0 Å². The van der Waals surface area contributed by atoms with E-state index in [1.165, 1.54) is 13.3 Å². The van der Waals surface area contributed by atoms with Gasteiger partial charge in [-0.3, -0.25) is 9.59 Å². The fourth-order valence-corrected chi connectivity index (χ4v) is 2.80. The first-order valence-corrected chi connectivity index (χ1v) is 8.02. The predicted molar refractivity (Wildman–Crippen MR) is 93.7 cm³/mol. The number of hydrogen-bond acceptors (Lipinski definition) is 5. The second-order valence-corrected chi connectivity index (χ2v) is 5.92. The number of nitrogens with zero attached hydrogens (tertiary/aromatic N) is 4. The van der Waals surface area contributed by atoms with Crippen molar-refractivity contribution in [2.75, 3.05) is 5.32 Å². The topological polar surface area (TPSA) is 89.2 Å². The molecule has 1 aromatic carbocycles. The molecule has 1 amide bonds. The summed E-state index contributed by atoms with van der Waals surface area (Å²) in [5.41, 5.74) is 3.97. The van der Waals surface area contributed by atoms with Gasteiger partial charge in [0.2, 0.25) is 5.91 Å². The van der Waals surface area contributed by atoms with E-state index < -0.39 is 0 Å². The summed E-state index contributed by atoms with van der Waals surface area (Å²) in [6.07, 6.45) is 2.33. The van der Waals surface area contributed by atoms with E-state index >= 15 is 0 Å². The largest absolute Gasteiger partial charge is 0.326 e. The molecule has 1 N–H and O–H groups in total. The summed E-state index contributed by atoms with van der Waals surface area (Å²) in [6, 6.07) is 6.93. The number of carbonyl (C=O) groups excluding carboxylic acids is 2. The van der Waals surface area contributed by atoms with E-state index in [9.17, 15) is 9.59 Å². The van der Waals surface area contributed by atoms with Gasteiger partial charge >= 0.3 is 0 Å². The van der Waals surface area contributed by atoms with Crippen LogP contribution >= 0.6 is 0 Å². The molecule has 0 unspecified atom stereocenters. The number of ketones is 1. The zero-order chi connectivity index (χ0) is 18.0. The van der Waals surface area contributed by atoms with E-state index in [4.69, 9.17) is 0 Å². The molecule has 7 heteroatoms. The minimum Gasteiger partial charge on any atom is -0.326 e. The molecular formula is C18H19N5O2. The third kappa shape index (κ3) is 3.55. The maximum absolute atomic E-state index is 12.3. The van der Waals surface area contributed by atoms with Gasteiger partial charge in [0, 0.05) is 29.1 Å². The fourth-order valence-electron chi connectivity index (χ4n) is 2.80. The Morgan fingerprint density at radius 1 is 1.24 bits per heavy atom. The number of aryl methyl sites for hydroxylation is 2. The maximum atomic E-state index is 12.3. The lowest BCUT2D eigenvalue weighted by Crippen LogP contribution is -2.14. The Labute approximate surface area is 145 Å². The first-order chi connectivity index (χ1) is 12.0. The van der Waals surface area contributed by atoms with Crippen LogP contribution < -0.4 is 5.32 Å². The van der Waals surface area contributed by atoms with E-state index in [2.05, 4.69) is 20.4 Å². The zero-order valence-corrected chi connectivity index (χ0v) is 14.4. The number of fused-ring (bicyclic) bond motifs is 1. The maximum Gasteiger partial charge on any atom is 0.252 e. The Hall–Kier alpha value is -3.09. The molecule has 2 heterocycles. The van der Waals surface area contributed by atoms with Crippen LogP contribution in [0, 0.1) is 13.8 Å². The number of aromatic nitrogens is 4. The van der Waals surface area contributed by atoms with Gasteiger partial charge in [0.15, 0.2) is 5.78 Å². The van der Waals surface area contributed by atoms with Crippen molar-refractivity contribution in [1.82, 2.24) is 19.6 Å².